The van der Waals surface area contributed by atoms with Crippen molar-refractivity contribution >= 4 is 11.7 Å². The van der Waals surface area contributed by atoms with Gasteiger partial charge in [-0.25, -0.2) is 4.79 Å². The van der Waals surface area contributed by atoms with E-state index in [2.05, 4.69) is 4.79 Å². The van der Waals surface area contributed by atoms with Gasteiger partial charge in [0.2, 0.25) is 0 Å². The molecule has 0 radical (unpaired) electrons. The number of ether oxygens (including phenoxy) is 1. The van der Waals surface area contributed by atoms with E-state index in [4.69, 9.17) is 10.3 Å². The summed E-state index contributed by atoms with van der Waals surface area (Å²) >= 11 is 0. The summed E-state index contributed by atoms with van der Waals surface area (Å²) in [5.41, 5.74) is 9.75. The van der Waals surface area contributed by atoms with Crippen LogP contribution in [0.3, 0.4) is 0 Å². The van der Waals surface area contributed by atoms with Crippen molar-refractivity contribution in [3.8, 4) is 0 Å². The Morgan fingerprint density at radius 2 is 2.00 bits per heavy atom. The van der Waals surface area contributed by atoms with Crippen molar-refractivity contribution in [2.24, 2.45) is 0 Å². The lowest BCUT2D eigenvalue weighted by molar-refractivity contribution is -0.150. The average molecular weight is 232 g/mol. The molecular weight excluding hydrogens is 216 g/mol. The van der Waals surface area contributed by atoms with Crippen molar-refractivity contribution in [2.45, 2.75) is 33.3 Å². The van der Waals surface area contributed by atoms with Crippen LogP contribution in [0.5, 0.6) is 0 Å². The molecular formula is C13H16N2O2. The van der Waals surface area contributed by atoms with Gasteiger partial charge in [0.1, 0.15) is 5.60 Å². The lowest BCUT2D eigenvalue weighted by Crippen LogP contribution is -2.30. The van der Waals surface area contributed by atoms with Crippen molar-refractivity contribution in [1.29, 1.82) is 0 Å². The van der Waals surface area contributed by atoms with Crippen LogP contribution in [-0.4, -0.2) is 22.1 Å². The molecule has 0 amide bonds. The van der Waals surface area contributed by atoms with Crippen LogP contribution in [0.2, 0.25) is 0 Å². The van der Waals surface area contributed by atoms with E-state index in [9.17, 15) is 4.79 Å². The molecule has 1 aromatic rings. The molecule has 0 aliphatic heterocycles. The van der Waals surface area contributed by atoms with Crippen molar-refractivity contribution in [3.05, 3.63) is 40.9 Å². The number of hydrogen-bond donors (Lipinski definition) is 0. The van der Waals surface area contributed by atoms with Gasteiger partial charge in [-0.05, 0) is 39.8 Å². The topological polar surface area (TPSA) is 62.7 Å². The second kappa shape index (κ2) is 4.93. The van der Waals surface area contributed by atoms with E-state index < -0.39 is 11.6 Å². The van der Waals surface area contributed by atoms with Crippen LogP contribution in [0.4, 0.5) is 0 Å². The van der Waals surface area contributed by atoms with Gasteiger partial charge in [0.05, 0.1) is 5.56 Å². The van der Waals surface area contributed by atoms with Gasteiger partial charge in [0, 0.05) is 0 Å². The predicted molar refractivity (Wildman–Crippen MR) is 64.8 cm³/mol. The molecule has 17 heavy (non-hydrogen) atoms. The molecule has 0 atom stereocenters. The van der Waals surface area contributed by atoms with Crippen molar-refractivity contribution < 1.29 is 14.3 Å². The van der Waals surface area contributed by atoms with Gasteiger partial charge >= 0.3 is 11.7 Å². The van der Waals surface area contributed by atoms with E-state index in [0.29, 0.717) is 5.56 Å². The third-order valence-electron chi connectivity index (χ3n) is 1.98. The summed E-state index contributed by atoms with van der Waals surface area (Å²) in [4.78, 5) is 14.8. The van der Waals surface area contributed by atoms with Gasteiger partial charge < -0.3 is 10.3 Å². The molecule has 0 saturated carbocycles. The summed E-state index contributed by atoms with van der Waals surface area (Å²) < 4.78 is 5.16. The van der Waals surface area contributed by atoms with Gasteiger partial charge in [-0.2, -0.15) is 4.79 Å². The average Bonchev–Trinajstić information content (AvgIpc) is 2.15. The van der Waals surface area contributed by atoms with Crippen molar-refractivity contribution in [1.82, 2.24) is 0 Å². The lowest BCUT2D eigenvalue weighted by atomic mass is 10.1. The number of esters is 1. The normalized spacial score (nSPS) is 10.6. The van der Waals surface area contributed by atoms with Crippen LogP contribution >= 0.6 is 0 Å². The molecule has 0 saturated heterocycles. The Hall–Kier alpha value is -1.93. The maximum Gasteiger partial charge on any atom is 0.422 e. The Labute approximate surface area is 101 Å². The second-order valence-electron chi connectivity index (χ2n) is 4.82. The summed E-state index contributed by atoms with van der Waals surface area (Å²) in [5, 5.41) is 0. The highest BCUT2D eigenvalue weighted by atomic mass is 16.6. The van der Waals surface area contributed by atoms with Crippen LogP contribution in [0, 0.1) is 6.92 Å². The maximum absolute atomic E-state index is 11.8. The standard InChI is InChI=1S/C13H16N2O2/c1-9-6-5-7-10(8-9)11(15-14)12(16)17-13(2,3)4/h5-8H,1-4H3. The summed E-state index contributed by atoms with van der Waals surface area (Å²) in [6.07, 6.45) is 0. The van der Waals surface area contributed by atoms with E-state index >= 15 is 0 Å². The van der Waals surface area contributed by atoms with Crippen molar-refractivity contribution in [3.63, 3.8) is 0 Å². The number of carbonyl (C=O) groups excluding carboxylic acids is 1. The van der Waals surface area contributed by atoms with Gasteiger partial charge in [0.15, 0.2) is 0 Å². The number of benzene rings is 1. The molecule has 4 heteroatoms. The molecule has 0 aliphatic rings. The first-order valence-corrected chi connectivity index (χ1v) is 5.36. The van der Waals surface area contributed by atoms with Gasteiger partial charge in [-0.15, -0.1) is 0 Å². The zero-order chi connectivity index (χ0) is 13.1. The molecule has 4 nitrogen and oxygen atoms in total. The SMILES string of the molecule is Cc1cccc(C(=[N+]=[N-])C(=O)OC(C)(C)C)c1. The molecule has 1 rings (SSSR count). The Morgan fingerprint density at radius 3 is 2.47 bits per heavy atom. The minimum absolute atomic E-state index is 0.0800. The number of rotatable bonds is 2. The van der Waals surface area contributed by atoms with E-state index in [1.54, 1.807) is 39.0 Å². The fourth-order valence-electron chi connectivity index (χ4n) is 1.34. The zero-order valence-electron chi connectivity index (χ0n) is 10.5. The molecule has 0 aromatic heterocycles. The number of nitrogens with zero attached hydrogens (tertiary/aromatic N) is 2. The van der Waals surface area contributed by atoms with Crippen LogP contribution < -0.4 is 0 Å². The van der Waals surface area contributed by atoms with Gasteiger partial charge in [-0.1, -0.05) is 17.7 Å². The number of carbonyl (C=O) groups is 1. The van der Waals surface area contributed by atoms with E-state index in [1.165, 1.54) is 0 Å². The largest absolute Gasteiger partial charge is 0.451 e. The molecule has 1 aromatic carbocycles. The molecule has 0 N–H and O–H groups in total. The van der Waals surface area contributed by atoms with Gasteiger partial charge in [0.25, 0.3) is 0 Å². The molecule has 90 valence electrons. The third kappa shape index (κ3) is 3.85. The molecule has 0 fully saturated rings. The van der Waals surface area contributed by atoms with E-state index in [-0.39, 0.29) is 5.71 Å². The van der Waals surface area contributed by atoms with Crippen LogP contribution in [0.1, 0.15) is 31.9 Å². The fraction of sp³-hybridized carbons (Fsp3) is 0.385. The van der Waals surface area contributed by atoms with Crippen LogP contribution in [0.25, 0.3) is 5.53 Å². The lowest BCUT2D eigenvalue weighted by Gasteiger charge is -2.17. The predicted octanol–water partition coefficient (Wildman–Crippen LogP) is 2.36. The van der Waals surface area contributed by atoms with E-state index in [0.717, 1.165) is 5.56 Å². The second-order valence-corrected chi connectivity index (χ2v) is 4.82. The maximum atomic E-state index is 11.8. The first-order chi connectivity index (χ1) is 7.83. The minimum atomic E-state index is -0.634. The Morgan fingerprint density at radius 1 is 1.35 bits per heavy atom. The highest BCUT2D eigenvalue weighted by molar-refractivity contribution is 6.40. The molecule has 0 heterocycles. The first-order valence-electron chi connectivity index (χ1n) is 5.36. The summed E-state index contributed by atoms with van der Waals surface area (Å²) in [7, 11) is 0. The number of hydrogen-bond acceptors (Lipinski definition) is 2. The number of aryl methyl sites for hydroxylation is 1. The summed E-state index contributed by atoms with van der Waals surface area (Å²) in [5.74, 6) is -0.634. The molecule has 0 aliphatic carbocycles. The van der Waals surface area contributed by atoms with Crippen LogP contribution in [0.15, 0.2) is 24.3 Å². The highest BCUT2D eigenvalue weighted by Crippen LogP contribution is 2.11. The molecule has 0 spiro atoms. The molecule has 0 unspecified atom stereocenters. The van der Waals surface area contributed by atoms with E-state index in [1.807, 2.05) is 13.0 Å². The fourth-order valence-corrected chi connectivity index (χ4v) is 1.34. The Kier molecular flexibility index (Phi) is 3.81. The Balaban J connectivity index is 3.02. The monoisotopic (exact) mass is 232 g/mol. The zero-order valence-corrected chi connectivity index (χ0v) is 10.5. The Bertz CT molecular complexity index is 480. The smallest absolute Gasteiger partial charge is 0.422 e. The summed E-state index contributed by atoms with van der Waals surface area (Å²) in [6.45, 7) is 7.18. The first kappa shape index (κ1) is 13.1. The quantitative estimate of drug-likeness (QED) is 0.340. The highest BCUT2D eigenvalue weighted by Gasteiger charge is 2.28. The van der Waals surface area contributed by atoms with Crippen molar-refractivity contribution in [2.75, 3.05) is 0 Å². The molecule has 0 bridgehead atoms. The minimum Gasteiger partial charge on any atom is -0.451 e. The van der Waals surface area contributed by atoms with Crippen LogP contribution in [-0.2, 0) is 9.53 Å². The third-order valence-corrected chi connectivity index (χ3v) is 1.98. The summed E-state index contributed by atoms with van der Waals surface area (Å²) in [6, 6.07) is 7.15. The van der Waals surface area contributed by atoms with Gasteiger partial charge in [-0.3, -0.25) is 0 Å².